The standard InChI is InChI=1S/C14H17NO4/c1-10-2-4-11(5-3-10)15-12(6-7-13(16)17)8-9-19-14(15)18/h2-5,12H,6-9H2,1H3,(H,16,17). The number of hydrogen-bond acceptors (Lipinski definition) is 3. The van der Waals surface area contributed by atoms with Crippen molar-refractivity contribution in [2.24, 2.45) is 0 Å². The molecule has 0 aromatic heterocycles. The average Bonchev–Trinajstić information content (AvgIpc) is 2.38. The number of amides is 1. The molecule has 0 spiro atoms. The van der Waals surface area contributed by atoms with Gasteiger partial charge >= 0.3 is 12.1 Å². The zero-order valence-corrected chi connectivity index (χ0v) is 10.8. The van der Waals surface area contributed by atoms with Gasteiger partial charge in [-0.3, -0.25) is 9.69 Å². The van der Waals surface area contributed by atoms with E-state index < -0.39 is 12.1 Å². The molecule has 5 heteroatoms. The number of nitrogens with zero attached hydrogens (tertiary/aromatic N) is 1. The summed E-state index contributed by atoms with van der Waals surface area (Å²) in [7, 11) is 0. The Morgan fingerprint density at radius 3 is 2.74 bits per heavy atom. The number of hydrogen-bond donors (Lipinski definition) is 1. The van der Waals surface area contributed by atoms with Crippen LogP contribution in [-0.4, -0.2) is 29.8 Å². The summed E-state index contributed by atoms with van der Waals surface area (Å²) >= 11 is 0. The Morgan fingerprint density at radius 2 is 2.11 bits per heavy atom. The van der Waals surface area contributed by atoms with E-state index >= 15 is 0 Å². The van der Waals surface area contributed by atoms with Crippen molar-refractivity contribution in [3.8, 4) is 0 Å². The molecule has 5 nitrogen and oxygen atoms in total. The van der Waals surface area contributed by atoms with Gasteiger partial charge in [0.05, 0.1) is 6.61 Å². The maximum atomic E-state index is 11.9. The van der Waals surface area contributed by atoms with Gasteiger partial charge in [0.25, 0.3) is 0 Å². The minimum absolute atomic E-state index is 0.0559. The molecule has 0 bridgehead atoms. The number of aryl methyl sites for hydroxylation is 1. The van der Waals surface area contributed by atoms with Gasteiger partial charge in [0.2, 0.25) is 0 Å². The number of ether oxygens (including phenoxy) is 1. The molecular formula is C14H17NO4. The van der Waals surface area contributed by atoms with Crippen LogP contribution in [0, 0.1) is 6.92 Å². The van der Waals surface area contributed by atoms with Crippen molar-refractivity contribution in [1.82, 2.24) is 0 Å². The molecule has 2 rings (SSSR count). The summed E-state index contributed by atoms with van der Waals surface area (Å²) in [6.07, 6.45) is 0.761. The molecule has 0 radical (unpaired) electrons. The Labute approximate surface area is 111 Å². The first-order valence-corrected chi connectivity index (χ1v) is 6.32. The van der Waals surface area contributed by atoms with Gasteiger partial charge in [0, 0.05) is 24.6 Å². The van der Waals surface area contributed by atoms with Gasteiger partial charge < -0.3 is 9.84 Å². The summed E-state index contributed by atoms with van der Waals surface area (Å²) in [5.41, 5.74) is 1.86. The number of carbonyl (C=O) groups excluding carboxylic acids is 1. The Morgan fingerprint density at radius 1 is 1.42 bits per heavy atom. The molecule has 1 unspecified atom stereocenters. The van der Waals surface area contributed by atoms with Crippen LogP contribution in [0.15, 0.2) is 24.3 Å². The first kappa shape index (κ1) is 13.4. The summed E-state index contributed by atoms with van der Waals surface area (Å²) in [5, 5.41) is 8.77. The van der Waals surface area contributed by atoms with Gasteiger partial charge in [0.15, 0.2) is 0 Å². The van der Waals surface area contributed by atoms with Gasteiger partial charge in [-0.15, -0.1) is 0 Å². The lowest BCUT2D eigenvalue weighted by Gasteiger charge is -2.34. The third-order valence-electron chi connectivity index (χ3n) is 3.24. The van der Waals surface area contributed by atoms with E-state index in [2.05, 4.69) is 0 Å². The number of benzene rings is 1. The lowest BCUT2D eigenvalue weighted by Crippen LogP contribution is -2.46. The Balaban J connectivity index is 2.18. The molecule has 1 amide bonds. The van der Waals surface area contributed by atoms with E-state index in [1.165, 1.54) is 0 Å². The summed E-state index contributed by atoms with van der Waals surface area (Å²) in [6, 6.07) is 7.45. The Kier molecular flexibility index (Phi) is 4.04. The third-order valence-corrected chi connectivity index (χ3v) is 3.24. The summed E-state index contributed by atoms with van der Waals surface area (Å²) in [4.78, 5) is 24.1. The van der Waals surface area contributed by atoms with E-state index in [0.717, 1.165) is 11.3 Å². The molecule has 0 saturated carbocycles. The van der Waals surface area contributed by atoms with Crippen molar-refractivity contribution < 1.29 is 19.4 Å². The van der Waals surface area contributed by atoms with Gasteiger partial charge in [-0.2, -0.15) is 0 Å². The van der Waals surface area contributed by atoms with Crippen LogP contribution in [0.25, 0.3) is 0 Å². The summed E-state index contributed by atoms with van der Waals surface area (Å²) < 4.78 is 5.05. The second-order valence-electron chi connectivity index (χ2n) is 4.69. The number of aliphatic carboxylic acids is 1. The second-order valence-corrected chi connectivity index (χ2v) is 4.69. The van der Waals surface area contributed by atoms with E-state index in [0.29, 0.717) is 19.4 Å². The number of carboxylic acids is 1. The Bertz CT molecular complexity index is 469. The van der Waals surface area contributed by atoms with Crippen LogP contribution in [0.3, 0.4) is 0 Å². The molecule has 1 aromatic carbocycles. The fourth-order valence-corrected chi connectivity index (χ4v) is 2.22. The number of anilines is 1. The quantitative estimate of drug-likeness (QED) is 0.906. The highest BCUT2D eigenvalue weighted by molar-refractivity contribution is 5.89. The van der Waals surface area contributed by atoms with Crippen molar-refractivity contribution in [1.29, 1.82) is 0 Å². The van der Waals surface area contributed by atoms with Crippen LogP contribution in [0.2, 0.25) is 0 Å². The Hall–Kier alpha value is -2.04. The zero-order chi connectivity index (χ0) is 13.8. The molecule has 1 atom stereocenters. The monoisotopic (exact) mass is 263 g/mol. The van der Waals surface area contributed by atoms with Gasteiger partial charge in [-0.25, -0.2) is 4.79 Å². The van der Waals surface area contributed by atoms with Gasteiger partial charge in [-0.1, -0.05) is 17.7 Å². The molecule has 1 heterocycles. The first-order chi connectivity index (χ1) is 9.08. The highest BCUT2D eigenvalue weighted by Gasteiger charge is 2.31. The third kappa shape index (κ3) is 3.24. The molecular weight excluding hydrogens is 246 g/mol. The van der Waals surface area contributed by atoms with E-state index in [-0.39, 0.29) is 12.5 Å². The molecule has 0 aliphatic carbocycles. The number of cyclic esters (lactones) is 1. The average molecular weight is 263 g/mol. The van der Waals surface area contributed by atoms with Crippen LogP contribution in [0.5, 0.6) is 0 Å². The lowest BCUT2D eigenvalue weighted by molar-refractivity contribution is -0.137. The van der Waals surface area contributed by atoms with Crippen molar-refractivity contribution in [2.45, 2.75) is 32.2 Å². The number of carboxylic acid groups (broad SMARTS) is 1. The SMILES string of the molecule is Cc1ccc(N2C(=O)OCCC2CCC(=O)O)cc1. The molecule has 1 aliphatic rings. The fourth-order valence-electron chi connectivity index (χ4n) is 2.22. The molecule has 1 fully saturated rings. The summed E-state index contributed by atoms with van der Waals surface area (Å²) in [5.74, 6) is -0.845. The molecule has 1 N–H and O–H groups in total. The van der Waals surface area contributed by atoms with Crippen molar-refractivity contribution in [2.75, 3.05) is 11.5 Å². The van der Waals surface area contributed by atoms with Crippen LogP contribution in [-0.2, 0) is 9.53 Å². The maximum absolute atomic E-state index is 11.9. The fraction of sp³-hybridized carbons (Fsp3) is 0.429. The molecule has 102 valence electrons. The molecule has 19 heavy (non-hydrogen) atoms. The van der Waals surface area contributed by atoms with E-state index in [9.17, 15) is 9.59 Å². The molecule has 1 aromatic rings. The zero-order valence-electron chi connectivity index (χ0n) is 10.8. The van der Waals surface area contributed by atoms with Crippen molar-refractivity contribution in [3.05, 3.63) is 29.8 Å². The second kappa shape index (κ2) is 5.73. The molecule has 1 aliphatic heterocycles. The minimum Gasteiger partial charge on any atom is -0.481 e. The smallest absolute Gasteiger partial charge is 0.414 e. The van der Waals surface area contributed by atoms with Crippen LogP contribution >= 0.6 is 0 Å². The largest absolute Gasteiger partial charge is 0.481 e. The minimum atomic E-state index is -0.845. The van der Waals surface area contributed by atoms with Crippen LogP contribution in [0.4, 0.5) is 10.5 Å². The van der Waals surface area contributed by atoms with Gasteiger partial charge in [-0.05, 0) is 25.5 Å². The van der Waals surface area contributed by atoms with Crippen LogP contribution < -0.4 is 4.90 Å². The lowest BCUT2D eigenvalue weighted by atomic mass is 10.0. The topological polar surface area (TPSA) is 66.8 Å². The van der Waals surface area contributed by atoms with Crippen molar-refractivity contribution in [3.63, 3.8) is 0 Å². The van der Waals surface area contributed by atoms with Crippen molar-refractivity contribution >= 4 is 17.7 Å². The maximum Gasteiger partial charge on any atom is 0.414 e. The normalized spacial score (nSPS) is 19.1. The predicted octanol–water partition coefficient (Wildman–Crippen LogP) is 2.58. The predicted molar refractivity (Wildman–Crippen MR) is 70.3 cm³/mol. The van der Waals surface area contributed by atoms with E-state index in [1.54, 1.807) is 4.90 Å². The van der Waals surface area contributed by atoms with Gasteiger partial charge in [0.1, 0.15) is 0 Å². The van der Waals surface area contributed by atoms with E-state index in [1.807, 2.05) is 31.2 Å². The highest BCUT2D eigenvalue weighted by Crippen LogP contribution is 2.26. The van der Waals surface area contributed by atoms with E-state index in [4.69, 9.17) is 9.84 Å². The van der Waals surface area contributed by atoms with Crippen LogP contribution in [0.1, 0.15) is 24.8 Å². The first-order valence-electron chi connectivity index (χ1n) is 6.32. The highest BCUT2D eigenvalue weighted by atomic mass is 16.6. The number of rotatable bonds is 4. The summed E-state index contributed by atoms with van der Waals surface area (Å²) in [6.45, 7) is 2.33. The molecule has 1 saturated heterocycles. The number of carbonyl (C=O) groups is 2.